The van der Waals surface area contributed by atoms with E-state index in [0.717, 1.165) is 31.5 Å². The van der Waals surface area contributed by atoms with Crippen LogP contribution in [0.3, 0.4) is 0 Å². The zero-order valence-corrected chi connectivity index (χ0v) is 13.5. The van der Waals surface area contributed by atoms with E-state index in [1.165, 1.54) is 5.56 Å². The van der Waals surface area contributed by atoms with Crippen LogP contribution in [-0.4, -0.2) is 21.5 Å². The van der Waals surface area contributed by atoms with Crippen molar-refractivity contribution in [2.24, 2.45) is 0 Å². The summed E-state index contributed by atoms with van der Waals surface area (Å²) >= 11 is 6.26. The standard InChI is InChI=1S/C16H17ClN2O2S/c17-15-10-12-6-8-18-9-7-13(12)11-16(15)19-22(20,21)14-4-2-1-3-5-14/h1-5,10-11,18-19H,6-9H2. The molecule has 116 valence electrons. The maximum Gasteiger partial charge on any atom is 0.261 e. The molecular weight excluding hydrogens is 320 g/mol. The van der Waals surface area contributed by atoms with Gasteiger partial charge in [0, 0.05) is 0 Å². The van der Waals surface area contributed by atoms with E-state index in [-0.39, 0.29) is 4.90 Å². The lowest BCUT2D eigenvalue weighted by atomic mass is 10.0. The number of hydrogen-bond donors (Lipinski definition) is 2. The van der Waals surface area contributed by atoms with Crippen molar-refractivity contribution in [2.45, 2.75) is 17.7 Å². The van der Waals surface area contributed by atoms with Gasteiger partial charge in [0.2, 0.25) is 0 Å². The van der Waals surface area contributed by atoms with Crippen molar-refractivity contribution in [3.05, 3.63) is 58.6 Å². The zero-order valence-electron chi connectivity index (χ0n) is 12.0. The molecule has 0 unspecified atom stereocenters. The Hall–Kier alpha value is -1.56. The van der Waals surface area contributed by atoms with Crippen LogP contribution in [0.15, 0.2) is 47.4 Å². The molecule has 22 heavy (non-hydrogen) atoms. The van der Waals surface area contributed by atoms with Gasteiger partial charge < -0.3 is 5.32 Å². The Bertz CT molecular complexity index is 776. The molecule has 0 saturated carbocycles. The highest BCUT2D eigenvalue weighted by Crippen LogP contribution is 2.29. The Morgan fingerprint density at radius 3 is 2.32 bits per heavy atom. The predicted octanol–water partition coefficient (Wildman–Crippen LogP) is 2.83. The molecule has 1 aliphatic heterocycles. The smallest absolute Gasteiger partial charge is 0.261 e. The fourth-order valence-electron chi connectivity index (χ4n) is 2.58. The number of hydrogen-bond acceptors (Lipinski definition) is 3. The van der Waals surface area contributed by atoms with Gasteiger partial charge in [-0.1, -0.05) is 29.8 Å². The molecule has 0 atom stereocenters. The lowest BCUT2D eigenvalue weighted by Gasteiger charge is -2.13. The van der Waals surface area contributed by atoms with Crippen LogP contribution in [0.25, 0.3) is 0 Å². The highest BCUT2D eigenvalue weighted by Gasteiger charge is 2.17. The number of sulfonamides is 1. The molecule has 2 N–H and O–H groups in total. The van der Waals surface area contributed by atoms with Crippen molar-refractivity contribution >= 4 is 27.3 Å². The molecule has 4 nitrogen and oxygen atoms in total. The molecule has 2 aromatic carbocycles. The Kier molecular flexibility index (Phi) is 4.38. The molecular formula is C16H17ClN2O2S. The third kappa shape index (κ3) is 3.27. The summed E-state index contributed by atoms with van der Waals surface area (Å²) in [4.78, 5) is 0.225. The largest absolute Gasteiger partial charge is 0.316 e. The minimum atomic E-state index is -3.62. The topological polar surface area (TPSA) is 58.2 Å². The van der Waals surface area contributed by atoms with Crippen molar-refractivity contribution in [1.29, 1.82) is 0 Å². The van der Waals surface area contributed by atoms with Gasteiger partial charge in [-0.2, -0.15) is 0 Å². The van der Waals surface area contributed by atoms with Crippen molar-refractivity contribution in [3.63, 3.8) is 0 Å². The average Bonchev–Trinajstić information content (AvgIpc) is 2.73. The van der Waals surface area contributed by atoms with Gasteiger partial charge in [-0.3, -0.25) is 4.72 Å². The maximum atomic E-state index is 12.4. The summed E-state index contributed by atoms with van der Waals surface area (Å²) in [6.45, 7) is 1.80. The molecule has 0 aromatic heterocycles. The molecule has 3 rings (SSSR count). The number of rotatable bonds is 3. The van der Waals surface area contributed by atoms with Crippen LogP contribution in [0.2, 0.25) is 5.02 Å². The van der Waals surface area contributed by atoms with Crippen molar-refractivity contribution in [3.8, 4) is 0 Å². The number of nitrogens with one attached hydrogen (secondary N) is 2. The number of halogens is 1. The van der Waals surface area contributed by atoms with Crippen LogP contribution < -0.4 is 10.0 Å². The summed E-state index contributed by atoms with van der Waals surface area (Å²) in [7, 11) is -3.62. The first-order chi connectivity index (χ1) is 10.6. The van der Waals surface area contributed by atoms with Gasteiger partial charge in [-0.05, 0) is 61.3 Å². The number of anilines is 1. The van der Waals surface area contributed by atoms with Gasteiger partial charge in [-0.15, -0.1) is 0 Å². The zero-order chi connectivity index (χ0) is 15.6. The summed E-state index contributed by atoms with van der Waals surface area (Å²) in [5, 5.41) is 3.76. The Labute approximate surface area is 135 Å². The van der Waals surface area contributed by atoms with Crippen LogP contribution >= 0.6 is 11.6 Å². The second kappa shape index (κ2) is 6.28. The van der Waals surface area contributed by atoms with E-state index in [1.54, 1.807) is 30.3 Å². The van der Waals surface area contributed by atoms with Crippen LogP contribution in [0.5, 0.6) is 0 Å². The van der Waals surface area contributed by atoms with Crippen LogP contribution in [-0.2, 0) is 22.9 Å². The van der Waals surface area contributed by atoms with Crippen molar-refractivity contribution in [2.75, 3.05) is 17.8 Å². The lowest BCUT2D eigenvalue weighted by molar-refractivity contribution is 0.601. The van der Waals surface area contributed by atoms with E-state index in [2.05, 4.69) is 10.0 Å². The molecule has 0 fully saturated rings. The number of benzene rings is 2. The fraction of sp³-hybridized carbons (Fsp3) is 0.250. The van der Waals surface area contributed by atoms with Crippen LogP contribution in [0.1, 0.15) is 11.1 Å². The Morgan fingerprint density at radius 1 is 1.00 bits per heavy atom. The van der Waals surface area contributed by atoms with E-state index in [9.17, 15) is 8.42 Å². The van der Waals surface area contributed by atoms with E-state index < -0.39 is 10.0 Å². The Morgan fingerprint density at radius 2 is 1.64 bits per heavy atom. The summed E-state index contributed by atoms with van der Waals surface area (Å²) in [6.07, 6.45) is 1.77. The fourth-order valence-corrected chi connectivity index (χ4v) is 3.96. The van der Waals surface area contributed by atoms with E-state index in [1.807, 2.05) is 12.1 Å². The summed E-state index contributed by atoms with van der Waals surface area (Å²) in [6, 6.07) is 12.0. The molecule has 0 aliphatic carbocycles. The molecule has 2 aromatic rings. The number of fused-ring (bicyclic) bond motifs is 1. The van der Waals surface area contributed by atoms with Crippen molar-refractivity contribution in [1.82, 2.24) is 5.32 Å². The normalized spacial score (nSPS) is 15.0. The van der Waals surface area contributed by atoms with Crippen molar-refractivity contribution < 1.29 is 8.42 Å². The predicted molar refractivity (Wildman–Crippen MR) is 89.0 cm³/mol. The first kappa shape index (κ1) is 15.3. The minimum absolute atomic E-state index is 0.225. The van der Waals surface area contributed by atoms with E-state index in [4.69, 9.17) is 11.6 Å². The van der Waals surface area contributed by atoms with E-state index in [0.29, 0.717) is 10.7 Å². The van der Waals surface area contributed by atoms with Gasteiger partial charge in [0.15, 0.2) is 0 Å². The molecule has 0 bridgehead atoms. The molecule has 0 amide bonds. The van der Waals surface area contributed by atoms with Crippen LogP contribution in [0.4, 0.5) is 5.69 Å². The summed E-state index contributed by atoms with van der Waals surface area (Å²) in [5.74, 6) is 0. The monoisotopic (exact) mass is 336 g/mol. The van der Waals surface area contributed by atoms with Gasteiger partial charge >= 0.3 is 0 Å². The molecule has 0 radical (unpaired) electrons. The van der Waals surface area contributed by atoms with Gasteiger partial charge in [0.05, 0.1) is 15.6 Å². The van der Waals surface area contributed by atoms with Gasteiger partial charge in [0.25, 0.3) is 10.0 Å². The molecule has 0 spiro atoms. The lowest BCUT2D eigenvalue weighted by Crippen LogP contribution is -2.16. The first-order valence-corrected chi connectivity index (χ1v) is 9.02. The quantitative estimate of drug-likeness (QED) is 0.906. The Balaban J connectivity index is 1.94. The molecule has 6 heteroatoms. The average molecular weight is 337 g/mol. The highest BCUT2D eigenvalue weighted by atomic mass is 35.5. The minimum Gasteiger partial charge on any atom is -0.316 e. The first-order valence-electron chi connectivity index (χ1n) is 7.16. The molecule has 0 saturated heterocycles. The van der Waals surface area contributed by atoms with Gasteiger partial charge in [-0.25, -0.2) is 8.42 Å². The highest BCUT2D eigenvalue weighted by molar-refractivity contribution is 7.92. The third-order valence-electron chi connectivity index (χ3n) is 3.73. The second-order valence-electron chi connectivity index (χ2n) is 5.27. The van der Waals surface area contributed by atoms with Gasteiger partial charge in [0.1, 0.15) is 0 Å². The maximum absolute atomic E-state index is 12.4. The van der Waals surface area contributed by atoms with Crippen LogP contribution in [0, 0.1) is 0 Å². The van der Waals surface area contributed by atoms with E-state index >= 15 is 0 Å². The SMILES string of the molecule is O=S(=O)(Nc1cc2c(cc1Cl)CCNCC2)c1ccccc1. The third-order valence-corrected chi connectivity index (χ3v) is 5.42. The summed E-state index contributed by atoms with van der Waals surface area (Å²) < 4.78 is 27.4. The molecule has 1 heterocycles. The second-order valence-corrected chi connectivity index (χ2v) is 7.36. The molecule has 1 aliphatic rings. The summed E-state index contributed by atoms with van der Waals surface area (Å²) in [5.41, 5.74) is 2.75.